The van der Waals surface area contributed by atoms with Crippen molar-refractivity contribution in [3.8, 4) is 0 Å². The van der Waals surface area contributed by atoms with E-state index in [1.165, 1.54) is 61.6 Å². The van der Waals surface area contributed by atoms with Crippen molar-refractivity contribution in [2.75, 3.05) is 11.6 Å². The molecule has 1 N–H and O–H groups in total. The molecule has 1 amide bonds. The lowest BCUT2D eigenvalue weighted by Gasteiger charge is -2.20. The van der Waals surface area contributed by atoms with E-state index in [9.17, 15) is 9.59 Å². The molecule has 1 aliphatic rings. The van der Waals surface area contributed by atoms with Gasteiger partial charge in [0.2, 0.25) is 5.91 Å². The van der Waals surface area contributed by atoms with Crippen molar-refractivity contribution in [3.05, 3.63) is 0 Å². The van der Waals surface area contributed by atoms with Crippen LogP contribution in [0.1, 0.15) is 71.1 Å². The Hall–Kier alpha value is -0.710. The number of thioether (sulfide) groups is 1. The fourth-order valence-corrected chi connectivity index (χ4v) is 3.80. The Bertz CT molecular complexity index is 323. The molecule has 1 aliphatic heterocycles. The van der Waals surface area contributed by atoms with Gasteiger partial charge in [-0.1, -0.05) is 58.3 Å². The molecule has 5 heteroatoms. The number of carbonyl (C=O) groups is 2. The van der Waals surface area contributed by atoms with E-state index in [1.807, 2.05) is 0 Å². The van der Waals surface area contributed by atoms with Gasteiger partial charge in [-0.25, -0.2) is 4.79 Å². The topological polar surface area (TPSA) is 57.6 Å². The van der Waals surface area contributed by atoms with E-state index in [1.54, 1.807) is 0 Å². The first-order chi connectivity index (χ1) is 10.2. The molecular formula is C16H29NO3S. The second-order valence-electron chi connectivity index (χ2n) is 5.80. The van der Waals surface area contributed by atoms with Gasteiger partial charge in [0.25, 0.3) is 0 Å². The molecule has 0 aliphatic carbocycles. The summed E-state index contributed by atoms with van der Waals surface area (Å²) in [5.74, 6) is 0.197. The summed E-state index contributed by atoms with van der Waals surface area (Å²) in [6, 6.07) is -0.610. The molecule has 0 saturated carbocycles. The van der Waals surface area contributed by atoms with Gasteiger partial charge in [-0.3, -0.25) is 4.79 Å². The predicted molar refractivity (Wildman–Crippen MR) is 87.4 cm³/mol. The van der Waals surface area contributed by atoms with Crippen LogP contribution in [0.2, 0.25) is 0 Å². The number of carboxylic acid groups (broad SMARTS) is 1. The summed E-state index contributed by atoms with van der Waals surface area (Å²) in [6.45, 7) is 2.23. The van der Waals surface area contributed by atoms with Crippen LogP contribution in [-0.2, 0) is 9.59 Å². The van der Waals surface area contributed by atoms with Crippen molar-refractivity contribution >= 4 is 23.6 Å². The smallest absolute Gasteiger partial charge is 0.327 e. The molecular weight excluding hydrogens is 286 g/mol. The van der Waals surface area contributed by atoms with Gasteiger partial charge in [-0.05, 0) is 6.42 Å². The van der Waals surface area contributed by atoms with Gasteiger partial charge in [0.05, 0.1) is 5.88 Å². The van der Waals surface area contributed by atoms with E-state index < -0.39 is 12.0 Å². The molecule has 0 radical (unpaired) electrons. The third-order valence-electron chi connectivity index (χ3n) is 3.98. The summed E-state index contributed by atoms with van der Waals surface area (Å²) in [6.07, 6.45) is 11.5. The third-order valence-corrected chi connectivity index (χ3v) is 4.99. The number of amides is 1. The lowest BCUT2D eigenvalue weighted by molar-refractivity contribution is -0.147. The van der Waals surface area contributed by atoms with E-state index in [-0.39, 0.29) is 5.91 Å². The van der Waals surface area contributed by atoms with Crippen LogP contribution in [0.15, 0.2) is 0 Å². The molecule has 21 heavy (non-hydrogen) atoms. The highest BCUT2D eigenvalue weighted by molar-refractivity contribution is 7.99. The fraction of sp³-hybridized carbons (Fsp3) is 0.875. The predicted octanol–water partition coefficient (Wildman–Crippen LogP) is 3.89. The minimum absolute atomic E-state index is 0.00958. The van der Waals surface area contributed by atoms with E-state index in [4.69, 9.17) is 5.11 Å². The molecule has 122 valence electrons. The van der Waals surface area contributed by atoms with E-state index in [0.717, 1.165) is 12.8 Å². The highest BCUT2D eigenvalue weighted by Crippen LogP contribution is 2.22. The second kappa shape index (κ2) is 10.9. The lowest BCUT2D eigenvalue weighted by Crippen LogP contribution is -2.41. The average Bonchev–Trinajstić information content (AvgIpc) is 2.95. The maximum absolute atomic E-state index is 12.0. The highest BCUT2D eigenvalue weighted by Gasteiger charge is 2.33. The van der Waals surface area contributed by atoms with Crippen molar-refractivity contribution in [2.45, 2.75) is 77.2 Å². The van der Waals surface area contributed by atoms with Gasteiger partial charge in [0.15, 0.2) is 0 Å². The average molecular weight is 315 g/mol. The number of rotatable bonds is 11. The van der Waals surface area contributed by atoms with Gasteiger partial charge in [-0.15, -0.1) is 11.8 Å². The highest BCUT2D eigenvalue weighted by atomic mass is 32.2. The van der Waals surface area contributed by atoms with Gasteiger partial charge in [0.1, 0.15) is 6.04 Å². The minimum Gasteiger partial charge on any atom is -0.480 e. The Balaban J connectivity index is 2.02. The van der Waals surface area contributed by atoms with Crippen LogP contribution < -0.4 is 0 Å². The quantitative estimate of drug-likeness (QED) is 0.588. The van der Waals surface area contributed by atoms with Crippen LogP contribution in [0.25, 0.3) is 0 Å². The first kappa shape index (κ1) is 18.3. The molecule has 0 spiro atoms. The molecule has 1 saturated heterocycles. The van der Waals surface area contributed by atoms with E-state index >= 15 is 0 Å². The zero-order valence-electron chi connectivity index (χ0n) is 13.2. The molecule has 1 rings (SSSR count). The van der Waals surface area contributed by atoms with Crippen LogP contribution in [0.5, 0.6) is 0 Å². The van der Waals surface area contributed by atoms with Crippen molar-refractivity contribution in [2.24, 2.45) is 0 Å². The fourth-order valence-electron chi connectivity index (χ4n) is 2.62. The Labute approximate surface area is 132 Å². The summed E-state index contributed by atoms with van der Waals surface area (Å²) >= 11 is 1.53. The Morgan fingerprint density at radius 2 is 1.62 bits per heavy atom. The maximum atomic E-state index is 12.0. The van der Waals surface area contributed by atoms with Crippen LogP contribution in [0.3, 0.4) is 0 Å². The SMILES string of the molecule is CCCCCCCCCCCC(=O)N1CSCC1C(=O)O. The molecule has 1 unspecified atom stereocenters. The van der Waals surface area contributed by atoms with Crippen molar-refractivity contribution < 1.29 is 14.7 Å². The molecule has 0 aromatic carbocycles. The number of hydrogen-bond donors (Lipinski definition) is 1. The van der Waals surface area contributed by atoms with Crippen LogP contribution >= 0.6 is 11.8 Å². The van der Waals surface area contributed by atoms with Crippen LogP contribution in [0, 0.1) is 0 Å². The maximum Gasteiger partial charge on any atom is 0.327 e. The lowest BCUT2D eigenvalue weighted by atomic mass is 10.1. The molecule has 1 atom stereocenters. The zero-order valence-corrected chi connectivity index (χ0v) is 14.0. The second-order valence-corrected chi connectivity index (χ2v) is 6.80. The van der Waals surface area contributed by atoms with Crippen LogP contribution in [-0.4, -0.2) is 39.6 Å². The minimum atomic E-state index is -0.875. The molecule has 0 bridgehead atoms. The van der Waals surface area contributed by atoms with Gasteiger partial charge >= 0.3 is 5.97 Å². The van der Waals surface area contributed by atoms with Gasteiger partial charge < -0.3 is 10.0 Å². The number of nitrogens with zero attached hydrogens (tertiary/aromatic N) is 1. The van der Waals surface area contributed by atoms with Crippen molar-refractivity contribution in [1.29, 1.82) is 0 Å². The normalized spacial score (nSPS) is 18.1. The summed E-state index contributed by atoms with van der Waals surface area (Å²) in [5, 5.41) is 9.06. The molecule has 0 aromatic heterocycles. The Morgan fingerprint density at radius 3 is 2.19 bits per heavy atom. The number of unbranched alkanes of at least 4 members (excludes halogenated alkanes) is 8. The molecule has 1 heterocycles. The van der Waals surface area contributed by atoms with E-state index in [0.29, 0.717) is 18.1 Å². The van der Waals surface area contributed by atoms with Gasteiger partial charge in [-0.2, -0.15) is 0 Å². The number of aliphatic carboxylic acids is 1. The molecule has 0 aromatic rings. The number of carboxylic acids is 1. The van der Waals surface area contributed by atoms with E-state index in [2.05, 4.69) is 6.92 Å². The summed E-state index contributed by atoms with van der Waals surface area (Å²) < 4.78 is 0. The van der Waals surface area contributed by atoms with Crippen LogP contribution in [0.4, 0.5) is 0 Å². The first-order valence-corrected chi connectivity index (χ1v) is 9.42. The Morgan fingerprint density at radius 1 is 1.05 bits per heavy atom. The summed E-state index contributed by atoms with van der Waals surface area (Å²) in [4.78, 5) is 24.6. The Kier molecular flexibility index (Phi) is 9.55. The van der Waals surface area contributed by atoms with Crippen molar-refractivity contribution in [3.63, 3.8) is 0 Å². The number of hydrogen-bond acceptors (Lipinski definition) is 3. The third kappa shape index (κ3) is 7.21. The molecule has 1 fully saturated rings. The zero-order chi connectivity index (χ0) is 15.5. The first-order valence-electron chi connectivity index (χ1n) is 8.26. The summed E-state index contributed by atoms with van der Waals surface area (Å²) in [5.41, 5.74) is 0. The number of carbonyl (C=O) groups excluding carboxylic acids is 1. The molecule has 4 nitrogen and oxygen atoms in total. The van der Waals surface area contributed by atoms with Crippen molar-refractivity contribution in [1.82, 2.24) is 4.90 Å². The summed E-state index contributed by atoms with van der Waals surface area (Å²) in [7, 11) is 0. The standard InChI is InChI=1S/C16H29NO3S/c1-2-3-4-5-6-7-8-9-10-11-15(18)17-13-21-12-14(17)16(19)20/h14H,2-13H2,1H3,(H,19,20). The van der Waals surface area contributed by atoms with Gasteiger partial charge in [0, 0.05) is 12.2 Å². The monoisotopic (exact) mass is 315 g/mol. The largest absolute Gasteiger partial charge is 0.480 e.